The van der Waals surface area contributed by atoms with Crippen molar-refractivity contribution in [1.29, 1.82) is 0 Å². The minimum atomic E-state index is -0.134. The fourth-order valence-electron chi connectivity index (χ4n) is 3.20. The fourth-order valence-corrected chi connectivity index (χ4v) is 3.20. The second kappa shape index (κ2) is 7.37. The zero-order chi connectivity index (χ0) is 17.9. The van der Waals surface area contributed by atoms with E-state index in [0.717, 1.165) is 30.1 Å². The van der Waals surface area contributed by atoms with E-state index in [-0.39, 0.29) is 11.3 Å². The third-order valence-electron chi connectivity index (χ3n) is 4.56. The maximum Gasteiger partial charge on any atom is 0.221 e. The van der Waals surface area contributed by atoms with Crippen molar-refractivity contribution in [3.63, 3.8) is 0 Å². The summed E-state index contributed by atoms with van der Waals surface area (Å²) in [6.45, 7) is 6.81. The molecule has 2 aromatic heterocycles. The van der Waals surface area contributed by atoms with E-state index in [1.54, 1.807) is 4.52 Å². The molecule has 0 aliphatic heterocycles. The lowest BCUT2D eigenvalue weighted by atomic mass is 9.95. The zero-order valence-corrected chi connectivity index (χ0v) is 15.4. The van der Waals surface area contributed by atoms with Gasteiger partial charge in [0.1, 0.15) is 5.82 Å². The topological polar surface area (TPSA) is 84.2 Å². The number of nitrogens with one attached hydrogen (secondary N) is 2. The van der Waals surface area contributed by atoms with Crippen LogP contribution in [0.5, 0.6) is 0 Å². The molecule has 2 N–H and O–H groups in total. The molecule has 25 heavy (non-hydrogen) atoms. The van der Waals surface area contributed by atoms with Crippen molar-refractivity contribution in [3.8, 4) is 0 Å². The van der Waals surface area contributed by atoms with E-state index in [4.69, 9.17) is 0 Å². The van der Waals surface area contributed by atoms with Gasteiger partial charge in [-0.15, -0.1) is 15.3 Å². The van der Waals surface area contributed by atoms with Gasteiger partial charge < -0.3 is 10.6 Å². The van der Waals surface area contributed by atoms with Gasteiger partial charge in [0, 0.05) is 24.4 Å². The molecule has 0 atom stereocenters. The van der Waals surface area contributed by atoms with E-state index in [2.05, 4.69) is 46.7 Å². The van der Waals surface area contributed by atoms with Gasteiger partial charge in [-0.1, -0.05) is 40.0 Å². The summed E-state index contributed by atoms with van der Waals surface area (Å²) in [5.74, 6) is 1.66. The average molecular weight is 344 g/mol. The summed E-state index contributed by atoms with van der Waals surface area (Å²) in [6.07, 6.45) is 6.41. The van der Waals surface area contributed by atoms with Gasteiger partial charge in [-0.05, 0) is 25.0 Å². The van der Waals surface area contributed by atoms with Crippen LogP contribution in [0.1, 0.15) is 65.1 Å². The Balaban J connectivity index is 1.55. The molecule has 7 nitrogen and oxygen atoms in total. The number of aromatic nitrogens is 4. The van der Waals surface area contributed by atoms with Crippen molar-refractivity contribution < 1.29 is 4.79 Å². The molecule has 3 rings (SSSR count). The van der Waals surface area contributed by atoms with Crippen LogP contribution in [-0.2, 0) is 10.2 Å². The predicted molar refractivity (Wildman–Crippen MR) is 97.6 cm³/mol. The third kappa shape index (κ3) is 4.46. The largest absolute Gasteiger partial charge is 0.368 e. The van der Waals surface area contributed by atoms with Crippen molar-refractivity contribution in [2.45, 2.75) is 70.8 Å². The Hall–Kier alpha value is -2.18. The van der Waals surface area contributed by atoms with E-state index in [1.807, 2.05) is 12.1 Å². The van der Waals surface area contributed by atoms with E-state index in [0.29, 0.717) is 19.0 Å². The first-order valence-corrected chi connectivity index (χ1v) is 9.20. The molecule has 2 heterocycles. The highest BCUT2D eigenvalue weighted by Crippen LogP contribution is 2.20. The molecule has 0 unspecified atom stereocenters. The van der Waals surface area contributed by atoms with Crippen LogP contribution in [0.3, 0.4) is 0 Å². The quantitative estimate of drug-likeness (QED) is 0.871. The molecule has 1 aliphatic rings. The van der Waals surface area contributed by atoms with Crippen LogP contribution < -0.4 is 10.6 Å². The Bertz CT molecular complexity index is 727. The third-order valence-corrected chi connectivity index (χ3v) is 4.56. The van der Waals surface area contributed by atoms with Crippen LogP contribution in [0, 0.1) is 0 Å². The van der Waals surface area contributed by atoms with Crippen molar-refractivity contribution in [1.82, 2.24) is 25.1 Å². The second-order valence-corrected chi connectivity index (χ2v) is 7.84. The first-order valence-electron chi connectivity index (χ1n) is 9.20. The van der Waals surface area contributed by atoms with Crippen molar-refractivity contribution >= 4 is 17.4 Å². The summed E-state index contributed by atoms with van der Waals surface area (Å²) in [5.41, 5.74) is 0.593. The molecule has 1 saturated carbocycles. The van der Waals surface area contributed by atoms with Gasteiger partial charge in [0.15, 0.2) is 11.5 Å². The van der Waals surface area contributed by atoms with Crippen LogP contribution in [0.2, 0.25) is 0 Å². The minimum Gasteiger partial charge on any atom is -0.368 e. The number of amides is 1. The van der Waals surface area contributed by atoms with Crippen LogP contribution in [0.15, 0.2) is 12.1 Å². The molecule has 1 amide bonds. The number of carbonyl (C=O) groups is 1. The van der Waals surface area contributed by atoms with Crippen LogP contribution in [-0.4, -0.2) is 38.3 Å². The van der Waals surface area contributed by atoms with E-state index < -0.39 is 0 Å². The van der Waals surface area contributed by atoms with Gasteiger partial charge in [-0.25, -0.2) is 0 Å². The zero-order valence-electron chi connectivity index (χ0n) is 15.4. The molecular formula is C18H28N6O. The lowest BCUT2D eigenvalue weighted by molar-refractivity contribution is -0.121. The number of fused-ring (bicyclic) bond motifs is 1. The number of rotatable bonds is 5. The molecule has 0 bridgehead atoms. The van der Waals surface area contributed by atoms with Crippen molar-refractivity contribution in [3.05, 3.63) is 18.0 Å². The Morgan fingerprint density at radius 1 is 1.20 bits per heavy atom. The Morgan fingerprint density at radius 3 is 2.68 bits per heavy atom. The smallest absolute Gasteiger partial charge is 0.221 e. The molecule has 0 radical (unpaired) electrons. The van der Waals surface area contributed by atoms with Gasteiger partial charge in [-0.3, -0.25) is 4.79 Å². The van der Waals surface area contributed by atoms with Gasteiger partial charge in [0.05, 0.1) is 0 Å². The summed E-state index contributed by atoms with van der Waals surface area (Å²) in [5, 5.41) is 19.3. The molecule has 1 fully saturated rings. The minimum absolute atomic E-state index is 0.111. The lowest BCUT2D eigenvalue weighted by Crippen LogP contribution is -2.36. The molecule has 2 aromatic rings. The van der Waals surface area contributed by atoms with Gasteiger partial charge in [-0.2, -0.15) is 4.52 Å². The Kier molecular flexibility index (Phi) is 5.20. The predicted octanol–water partition coefficient (Wildman–Crippen LogP) is 2.67. The molecule has 0 aromatic carbocycles. The van der Waals surface area contributed by atoms with E-state index in [9.17, 15) is 4.79 Å². The lowest BCUT2D eigenvalue weighted by Gasteiger charge is -2.22. The summed E-state index contributed by atoms with van der Waals surface area (Å²) in [6, 6.07) is 4.12. The van der Waals surface area contributed by atoms with Gasteiger partial charge in [0.25, 0.3) is 0 Å². The highest BCUT2D eigenvalue weighted by Gasteiger charge is 2.22. The second-order valence-electron chi connectivity index (χ2n) is 7.84. The summed E-state index contributed by atoms with van der Waals surface area (Å²) in [4.78, 5) is 12.1. The average Bonchev–Trinajstić information content (AvgIpc) is 2.99. The van der Waals surface area contributed by atoms with Crippen molar-refractivity contribution in [2.24, 2.45) is 0 Å². The van der Waals surface area contributed by atoms with E-state index in [1.165, 1.54) is 19.3 Å². The summed E-state index contributed by atoms with van der Waals surface area (Å²) in [7, 11) is 0. The van der Waals surface area contributed by atoms with Crippen molar-refractivity contribution in [2.75, 3.05) is 11.9 Å². The number of nitrogens with zero attached hydrogens (tertiary/aromatic N) is 4. The molecule has 136 valence electrons. The monoisotopic (exact) mass is 344 g/mol. The molecule has 7 heteroatoms. The number of carbonyl (C=O) groups excluding carboxylic acids is 1. The summed E-state index contributed by atoms with van der Waals surface area (Å²) < 4.78 is 1.77. The van der Waals surface area contributed by atoms with Crippen LogP contribution >= 0.6 is 0 Å². The number of hydrogen-bond donors (Lipinski definition) is 2. The fraction of sp³-hybridized carbons (Fsp3) is 0.667. The maximum atomic E-state index is 12.1. The van der Waals surface area contributed by atoms with E-state index >= 15 is 0 Å². The highest BCUT2D eigenvalue weighted by molar-refractivity contribution is 5.76. The molecule has 0 spiro atoms. The maximum absolute atomic E-state index is 12.1. The number of anilines is 1. The summed E-state index contributed by atoms with van der Waals surface area (Å²) >= 11 is 0. The highest BCUT2D eigenvalue weighted by atomic mass is 16.1. The van der Waals surface area contributed by atoms with Gasteiger partial charge >= 0.3 is 0 Å². The number of hydrogen-bond acceptors (Lipinski definition) is 5. The van der Waals surface area contributed by atoms with Gasteiger partial charge in [0.2, 0.25) is 5.91 Å². The Morgan fingerprint density at radius 2 is 1.96 bits per heavy atom. The standard InChI is InChI=1S/C18H28N6O/c1-18(2,3)17-22-21-15-10-9-14(23-24(15)17)19-12-11-16(25)20-13-7-5-4-6-8-13/h9-10,13H,4-8,11-12H2,1-3H3,(H,19,23)(H,20,25). The first-order chi connectivity index (χ1) is 11.9. The molecule has 0 saturated heterocycles. The Labute approximate surface area is 148 Å². The SMILES string of the molecule is CC(C)(C)c1nnc2ccc(NCCC(=O)NC3CCCCC3)nn12. The van der Waals surface area contributed by atoms with Crippen LogP contribution in [0.25, 0.3) is 5.65 Å². The normalized spacial score (nSPS) is 16.1. The first kappa shape index (κ1) is 17.6. The molecule has 1 aliphatic carbocycles. The van der Waals surface area contributed by atoms with Crippen LogP contribution in [0.4, 0.5) is 5.82 Å². The molecular weight excluding hydrogens is 316 g/mol.